The van der Waals surface area contributed by atoms with Crippen molar-refractivity contribution in [3.8, 4) is 0 Å². The van der Waals surface area contributed by atoms with Crippen molar-refractivity contribution in [1.29, 1.82) is 0 Å². The van der Waals surface area contributed by atoms with Gasteiger partial charge in [-0.15, -0.1) is 0 Å². The van der Waals surface area contributed by atoms with Gasteiger partial charge >= 0.3 is 5.97 Å². The lowest BCUT2D eigenvalue weighted by Gasteiger charge is -2.28. The van der Waals surface area contributed by atoms with Gasteiger partial charge in [0, 0.05) is 13.0 Å². The Hall–Kier alpha value is -1.54. The highest BCUT2D eigenvalue weighted by Crippen LogP contribution is 2.38. The Morgan fingerprint density at radius 3 is 1.39 bits per heavy atom. The molecule has 358 valence electrons. The predicted molar refractivity (Wildman–Crippen MR) is 259 cm³/mol. The molecule has 0 rings (SSSR count). The lowest BCUT2D eigenvalue weighted by molar-refractivity contribution is -0.870. The standard InChI is InChI=1S/C52H98NO7P/c1-6-8-10-12-14-16-18-20-22-24-26-28-30-32-34-36-38-40-42-44-47-57-49-51(50-59-61(55,56)58-48-46-53(3,4)5)60-52(54)45-43-41-39-37-35-33-31-29-27-25-23-21-19-17-15-13-11-9-7-2/h15,17,20-23,27,29,51H,6-14,16,18-19,24-26,28,30-50H2,1-5H3/b17-15-,22-20-,23-21-,29-27-. The van der Waals surface area contributed by atoms with Gasteiger partial charge in [-0.05, 0) is 77.0 Å². The van der Waals surface area contributed by atoms with Crippen LogP contribution >= 0.6 is 7.82 Å². The van der Waals surface area contributed by atoms with Crippen LogP contribution in [0, 0.1) is 0 Å². The third kappa shape index (κ3) is 49.3. The fraction of sp³-hybridized carbons (Fsp3) is 0.827. The van der Waals surface area contributed by atoms with Gasteiger partial charge in [0.2, 0.25) is 0 Å². The number of hydrogen-bond donors (Lipinski definition) is 0. The fourth-order valence-electron chi connectivity index (χ4n) is 6.90. The number of phosphoric acid groups is 1. The molecule has 61 heavy (non-hydrogen) atoms. The number of esters is 1. The Labute approximate surface area is 378 Å². The van der Waals surface area contributed by atoms with Gasteiger partial charge in [0.15, 0.2) is 0 Å². The van der Waals surface area contributed by atoms with E-state index < -0.39 is 13.9 Å². The van der Waals surface area contributed by atoms with Crippen LogP contribution in [0.5, 0.6) is 0 Å². The average Bonchev–Trinajstić information content (AvgIpc) is 3.22. The smallest absolute Gasteiger partial charge is 0.306 e. The van der Waals surface area contributed by atoms with Gasteiger partial charge in [-0.1, -0.05) is 184 Å². The molecule has 0 aliphatic rings. The van der Waals surface area contributed by atoms with Gasteiger partial charge in [-0.25, -0.2) is 0 Å². The van der Waals surface area contributed by atoms with Gasteiger partial charge in [0.25, 0.3) is 7.82 Å². The third-order valence-corrected chi connectivity index (χ3v) is 11.8. The van der Waals surface area contributed by atoms with Crippen molar-refractivity contribution < 1.29 is 37.3 Å². The van der Waals surface area contributed by atoms with Crippen LogP contribution in [0.15, 0.2) is 48.6 Å². The van der Waals surface area contributed by atoms with E-state index in [-0.39, 0.29) is 25.8 Å². The van der Waals surface area contributed by atoms with Crippen LogP contribution in [0.4, 0.5) is 0 Å². The Morgan fingerprint density at radius 2 is 0.902 bits per heavy atom. The van der Waals surface area contributed by atoms with E-state index >= 15 is 0 Å². The molecule has 0 amide bonds. The van der Waals surface area contributed by atoms with E-state index in [1.54, 1.807) is 0 Å². The van der Waals surface area contributed by atoms with Crippen molar-refractivity contribution in [2.24, 2.45) is 0 Å². The Kier molecular flexibility index (Phi) is 43.9. The van der Waals surface area contributed by atoms with Crippen LogP contribution in [0.1, 0.15) is 219 Å². The summed E-state index contributed by atoms with van der Waals surface area (Å²) in [6, 6.07) is 0. The first kappa shape index (κ1) is 59.5. The highest BCUT2D eigenvalue weighted by Gasteiger charge is 2.20. The van der Waals surface area contributed by atoms with E-state index in [0.717, 1.165) is 57.8 Å². The SMILES string of the molecule is CCCCC/C=C\C/C=C\C/C=C\CCCCCCCCC(=O)OC(COCCCCCCCCCCCC/C=C\CCCCCCCC)COP(=O)([O-])OCC[N+](C)(C)C. The van der Waals surface area contributed by atoms with Crippen LogP contribution in [0.25, 0.3) is 0 Å². The summed E-state index contributed by atoms with van der Waals surface area (Å²) in [7, 11) is 1.35. The van der Waals surface area contributed by atoms with Crippen LogP contribution in [0.2, 0.25) is 0 Å². The molecule has 0 radical (unpaired) electrons. The number of rotatable bonds is 47. The second kappa shape index (κ2) is 45.0. The Bertz CT molecular complexity index is 1120. The number of unbranched alkanes of at least 4 members (excludes halogenated alkanes) is 25. The largest absolute Gasteiger partial charge is 0.756 e. The number of ether oxygens (including phenoxy) is 2. The van der Waals surface area contributed by atoms with Gasteiger partial charge in [0.1, 0.15) is 19.3 Å². The molecule has 2 atom stereocenters. The number of carbonyl (C=O) groups excluding carboxylic acids is 1. The van der Waals surface area contributed by atoms with Crippen molar-refractivity contribution in [2.45, 2.75) is 225 Å². The minimum atomic E-state index is -4.53. The molecule has 0 heterocycles. The lowest BCUT2D eigenvalue weighted by atomic mass is 10.1. The van der Waals surface area contributed by atoms with Crippen molar-refractivity contribution in [3.63, 3.8) is 0 Å². The zero-order valence-electron chi connectivity index (χ0n) is 40.6. The molecule has 0 N–H and O–H groups in total. The molecule has 2 unspecified atom stereocenters. The Balaban J connectivity index is 4.18. The molecule has 0 saturated heterocycles. The van der Waals surface area contributed by atoms with E-state index in [1.165, 1.54) is 141 Å². The summed E-state index contributed by atoms with van der Waals surface area (Å²) in [6.07, 6.45) is 55.5. The summed E-state index contributed by atoms with van der Waals surface area (Å²) >= 11 is 0. The van der Waals surface area contributed by atoms with E-state index in [1.807, 2.05) is 21.1 Å². The molecule has 8 nitrogen and oxygen atoms in total. The van der Waals surface area contributed by atoms with Crippen LogP contribution in [-0.2, 0) is 27.9 Å². The van der Waals surface area contributed by atoms with Crippen molar-refractivity contribution >= 4 is 13.8 Å². The van der Waals surface area contributed by atoms with Crippen LogP contribution in [0.3, 0.4) is 0 Å². The van der Waals surface area contributed by atoms with Crippen molar-refractivity contribution in [1.82, 2.24) is 0 Å². The molecule has 0 aliphatic carbocycles. The monoisotopic (exact) mass is 880 g/mol. The van der Waals surface area contributed by atoms with E-state index in [9.17, 15) is 14.3 Å². The first-order valence-electron chi connectivity index (χ1n) is 25.4. The molecule has 0 spiro atoms. The maximum absolute atomic E-state index is 12.7. The second-order valence-electron chi connectivity index (χ2n) is 18.2. The molecule has 0 aromatic rings. The third-order valence-electron chi connectivity index (χ3n) is 10.9. The average molecular weight is 880 g/mol. The molecule has 0 bridgehead atoms. The molecule has 0 aromatic heterocycles. The number of carbonyl (C=O) groups is 1. The van der Waals surface area contributed by atoms with Gasteiger partial charge < -0.3 is 27.9 Å². The highest BCUT2D eigenvalue weighted by molar-refractivity contribution is 7.45. The molecule has 9 heteroatoms. The summed E-state index contributed by atoms with van der Waals surface area (Å²) < 4.78 is 34.7. The normalized spacial score (nSPS) is 14.0. The number of likely N-dealkylation sites (N-methyl/N-ethyl adjacent to an activating group) is 1. The topological polar surface area (TPSA) is 94.1 Å². The zero-order chi connectivity index (χ0) is 44.8. The first-order valence-corrected chi connectivity index (χ1v) is 26.8. The van der Waals surface area contributed by atoms with Crippen LogP contribution < -0.4 is 4.89 Å². The van der Waals surface area contributed by atoms with Crippen molar-refractivity contribution in [2.75, 3.05) is 54.1 Å². The number of hydrogen-bond acceptors (Lipinski definition) is 7. The van der Waals surface area contributed by atoms with E-state index in [4.69, 9.17) is 18.5 Å². The van der Waals surface area contributed by atoms with E-state index in [0.29, 0.717) is 24.1 Å². The molecule has 0 aliphatic heterocycles. The lowest BCUT2D eigenvalue weighted by Crippen LogP contribution is -2.37. The second-order valence-corrected chi connectivity index (χ2v) is 19.6. The summed E-state index contributed by atoms with van der Waals surface area (Å²) in [5, 5.41) is 0. The number of quaternary nitrogens is 1. The van der Waals surface area contributed by atoms with Crippen molar-refractivity contribution in [3.05, 3.63) is 48.6 Å². The minimum absolute atomic E-state index is 0.0222. The molecular formula is C52H98NO7P. The fourth-order valence-corrected chi connectivity index (χ4v) is 7.63. The van der Waals surface area contributed by atoms with Crippen LogP contribution in [-0.4, -0.2) is 70.7 Å². The quantitative estimate of drug-likeness (QED) is 0.0198. The maximum atomic E-state index is 12.7. The van der Waals surface area contributed by atoms with Gasteiger partial charge in [-0.3, -0.25) is 9.36 Å². The summed E-state index contributed by atoms with van der Waals surface area (Å²) in [5.74, 6) is -0.346. The first-order chi connectivity index (χ1) is 29.6. The number of phosphoric ester groups is 1. The summed E-state index contributed by atoms with van der Waals surface area (Å²) in [4.78, 5) is 25.2. The molecule has 0 fully saturated rings. The Morgan fingerprint density at radius 1 is 0.508 bits per heavy atom. The van der Waals surface area contributed by atoms with Gasteiger partial charge in [-0.2, -0.15) is 0 Å². The minimum Gasteiger partial charge on any atom is -0.756 e. The predicted octanol–water partition coefficient (Wildman–Crippen LogP) is 14.9. The number of nitrogens with zero attached hydrogens (tertiary/aromatic N) is 1. The van der Waals surface area contributed by atoms with Gasteiger partial charge in [0.05, 0.1) is 34.4 Å². The molecule has 0 aromatic carbocycles. The number of allylic oxidation sites excluding steroid dienone is 8. The maximum Gasteiger partial charge on any atom is 0.306 e. The zero-order valence-corrected chi connectivity index (χ0v) is 41.5. The molecular weight excluding hydrogens is 782 g/mol. The van der Waals surface area contributed by atoms with E-state index in [2.05, 4.69) is 62.5 Å². The highest BCUT2D eigenvalue weighted by atomic mass is 31.2. The summed E-state index contributed by atoms with van der Waals surface area (Å²) in [5.41, 5.74) is 0. The molecule has 0 saturated carbocycles. The summed E-state index contributed by atoms with van der Waals surface area (Å²) in [6.45, 7) is 5.38.